The number of aliphatic hydroxyl groups excluding tert-OH is 1. The van der Waals surface area contributed by atoms with Crippen LogP contribution in [0.25, 0.3) is 0 Å². The van der Waals surface area contributed by atoms with Gasteiger partial charge in [-0.25, -0.2) is 0 Å². The molecule has 0 spiro atoms. The minimum absolute atomic E-state index is 0.00517. The lowest BCUT2D eigenvalue weighted by Crippen LogP contribution is -2.50. The third-order valence-corrected chi connectivity index (χ3v) is 4.11. The number of anilines is 1. The molecule has 1 amide bonds. The summed E-state index contributed by atoms with van der Waals surface area (Å²) in [4.78, 5) is 14.3. The zero-order valence-electron chi connectivity index (χ0n) is 10.7. The largest absolute Gasteiger partial charge is 0.395 e. The van der Waals surface area contributed by atoms with Gasteiger partial charge in [-0.3, -0.25) is 9.69 Å². The van der Waals surface area contributed by atoms with Crippen LogP contribution in [0, 0.1) is 0 Å². The summed E-state index contributed by atoms with van der Waals surface area (Å²) < 4.78 is 0. The van der Waals surface area contributed by atoms with Crippen molar-refractivity contribution in [3.05, 3.63) is 23.8 Å². The predicted molar refractivity (Wildman–Crippen MR) is 72.1 cm³/mol. The molecule has 0 aromatic heterocycles. The second-order valence-electron chi connectivity index (χ2n) is 5.30. The summed E-state index contributed by atoms with van der Waals surface area (Å²) >= 11 is 0. The molecule has 0 saturated carbocycles. The van der Waals surface area contributed by atoms with E-state index >= 15 is 0 Å². The Hall–Kier alpha value is -1.59. The summed E-state index contributed by atoms with van der Waals surface area (Å²) in [6.07, 6.45) is 2.61. The molecule has 5 nitrogen and oxygen atoms in total. The fourth-order valence-electron chi connectivity index (χ4n) is 3.13. The minimum atomic E-state index is -0.214. The lowest BCUT2D eigenvalue weighted by Gasteiger charge is -2.34. The lowest BCUT2D eigenvalue weighted by atomic mass is 9.97. The molecule has 0 bridgehead atoms. The number of carbonyl (C=O) groups excluding carboxylic acids is 1. The van der Waals surface area contributed by atoms with E-state index < -0.39 is 0 Å². The third kappa shape index (κ3) is 2.19. The van der Waals surface area contributed by atoms with Gasteiger partial charge in [0.15, 0.2) is 0 Å². The number of aliphatic hydroxyl groups is 1. The maximum Gasteiger partial charge on any atom is 0.242 e. The Kier molecular flexibility index (Phi) is 3.16. The highest BCUT2D eigenvalue weighted by Crippen LogP contribution is 2.30. The van der Waals surface area contributed by atoms with E-state index in [1.807, 2.05) is 6.07 Å². The number of nitrogens with zero attached hydrogens (tertiary/aromatic N) is 1. The first-order chi connectivity index (χ1) is 9.19. The molecule has 0 aliphatic carbocycles. The van der Waals surface area contributed by atoms with Gasteiger partial charge in [-0.05, 0) is 49.6 Å². The number of amides is 1. The normalized spacial score (nSPS) is 27.1. The molecule has 2 aliphatic heterocycles. The standard InChI is InChI=1S/C14H18N3O2/c15-10-3-4-12-9(6-10)7-13(14(19)16-12)17-5-1-2-11(17)8-18/h3-4,6,11,13,15,18H,1-2,5,7-8H2,(H,16,19)/t11-,13?/m0/s1. The monoisotopic (exact) mass is 260 g/mol. The molecular formula is C14H18N3O2. The van der Waals surface area contributed by atoms with Crippen molar-refractivity contribution in [2.24, 2.45) is 0 Å². The molecule has 3 rings (SSSR count). The Morgan fingerprint density at radius 2 is 2.32 bits per heavy atom. The zero-order chi connectivity index (χ0) is 13.4. The molecule has 1 aromatic rings. The molecule has 1 fully saturated rings. The summed E-state index contributed by atoms with van der Waals surface area (Å²) in [6, 6.07) is 5.17. The molecule has 101 valence electrons. The number of hydrogen-bond acceptors (Lipinski definition) is 3. The number of fused-ring (bicyclic) bond motifs is 1. The quantitative estimate of drug-likeness (QED) is 0.830. The molecule has 1 radical (unpaired) electrons. The van der Waals surface area contributed by atoms with Gasteiger partial charge >= 0.3 is 0 Å². The van der Waals surface area contributed by atoms with Crippen LogP contribution >= 0.6 is 0 Å². The first kappa shape index (κ1) is 12.4. The third-order valence-electron chi connectivity index (χ3n) is 4.11. The topological polar surface area (TPSA) is 76.4 Å². The van der Waals surface area contributed by atoms with Crippen LogP contribution < -0.4 is 11.1 Å². The van der Waals surface area contributed by atoms with Crippen LogP contribution in [0.3, 0.4) is 0 Å². The molecule has 1 saturated heterocycles. The molecule has 1 unspecified atom stereocenters. The Labute approximate surface area is 112 Å². The SMILES string of the molecule is [NH]c1ccc2c(c1)CC(N1CCC[C@H]1CO)C(=O)N2. The average Bonchev–Trinajstić information content (AvgIpc) is 2.86. The highest BCUT2D eigenvalue weighted by Gasteiger charge is 2.37. The van der Waals surface area contributed by atoms with Gasteiger partial charge < -0.3 is 16.2 Å². The number of rotatable bonds is 2. The van der Waals surface area contributed by atoms with E-state index in [1.54, 1.807) is 12.1 Å². The number of hydrogen-bond donors (Lipinski definition) is 2. The Morgan fingerprint density at radius 1 is 1.47 bits per heavy atom. The molecule has 2 heterocycles. The maximum absolute atomic E-state index is 12.2. The van der Waals surface area contributed by atoms with Crippen molar-refractivity contribution in [2.45, 2.75) is 31.3 Å². The fraction of sp³-hybridized carbons (Fsp3) is 0.500. The van der Waals surface area contributed by atoms with Crippen molar-refractivity contribution in [2.75, 3.05) is 18.5 Å². The van der Waals surface area contributed by atoms with Crippen molar-refractivity contribution >= 4 is 17.3 Å². The average molecular weight is 260 g/mol. The van der Waals surface area contributed by atoms with Crippen molar-refractivity contribution in [3.63, 3.8) is 0 Å². The molecule has 3 N–H and O–H groups in total. The van der Waals surface area contributed by atoms with Crippen molar-refractivity contribution in [1.82, 2.24) is 10.6 Å². The van der Waals surface area contributed by atoms with E-state index in [9.17, 15) is 9.90 Å². The lowest BCUT2D eigenvalue weighted by molar-refractivity contribution is -0.122. The van der Waals surface area contributed by atoms with Gasteiger partial charge in [0.2, 0.25) is 5.91 Å². The number of benzene rings is 1. The molecular weight excluding hydrogens is 242 g/mol. The predicted octanol–water partition coefficient (Wildman–Crippen LogP) is 0.921. The van der Waals surface area contributed by atoms with E-state index in [2.05, 4.69) is 10.2 Å². The van der Waals surface area contributed by atoms with E-state index in [0.717, 1.165) is 30.6 Å². The number of nitrogens with one attached hydrogen (secondary N) is 2. The van der Waals surface area contributed by atoms with Gasteiger partial charge in [-0.1, -0.05) is 0 Å². The van der Waals surface area contributed by atoms with Crippen LogP contribution in [-0.4, -0.2) is 41.1 Å². The second kappa shape index (κ2) is 4.83. The Morgan fingerprint density at radius 3 is 3.11 bits per heavy atom. The summed E-state index contributed by atoms with van der Waals surface area (Å²) in [5, 5.41) is 12.3. The summed E-state index contributed by atoms with van der Waals surface area (Å²) in [5.74, 6) is 0.00517. The van der Waals surface area contributed by atoms with Gasteiger partial charge in [0, 0.05) is 11.7 Å². The fourth-order valence-corrected chi connectivity index (χ4v) is 3.13. The highest BCUT2D eigenvalue weighted by atomic mass is 16.3. The van der Waals surface area contributed by atoms with Crippen molar-refractivity contribution < 1.29 is 9.90 Å². The van der Waals surface area contributed by atoms with E-state index in [-0.39, 0.29) is 24.6 Å². The molecule has 2 atom stereocenters. The molecule has 2 aliphatic rings. The van der Waals surface area contributed by atoms with Gasteiger partial charge in [-0.15, -0.1) is 0 Å². The van der Waals surface area contributed by atoms with Crippen LogP contribution in [0.1, 0.15) is 18.4 Å². The molecule has 19 heavy (non-hydrogen) atoms. The second-order valence-corrected chi connectivity index (χ2v) is 5.30. The van der Waals surface area contributed by atoms with Crippen molar-refractivity contribution in [3.8, 4) is 0 Å². The van der Waals surface area contributed by atoms with Crippen molar-refractivity contribution in [1.29, 1.82) is 0 Å². The van der Waals surface area contributed by atoms with E-state index in [1.165, 1.54) is 0 Å². The van der Waals surface area contributed by atoms with E-state index in [0.29, 0.717) is 12.1 Å². The molecule has 5 heteroatoms. The summed E-state index contributed by atoms with van der Waals surface area (Å²) in [6.45, 7) is 0.967. The van der Waals surface area contributed by atoms with E-state index in [4.69, 9.17) is 5.73 Å². The van der Waals surface area contributed by atoms with Gasteiger partial charge in [0.25, 0.3) is 0 Å². The molecule has 1 aromatic carbocycles. The Balaban J connectivity index is 1.86. The number of likely N-dealkylation sites (tertiary alicyclic amines) is 1. The minimum Gasteiger partial charge on any atom is -0.395 e. The van der Waals surface area contributed by atoms with Crippen LogP contribution in [0.4, 0.5) is 11.4 Å². The van der Waals surface area contributed by atoms with Crippen LogP contribution in [0.5, 0.6) is 0 Å². The number of carbonyl (C=O) groups is 1. The smallest absolute Gasteiger partial charge is 0.242 e. The highest BCUT2D eigenvalue weighted by molar-refractivity contribution is 5.98. The first-order valence-electron chi connectivity index (χ1n) is 6.71. The maximum atomic E-state index is 12.2. The van der Waals surface area contributed by atoms with Crippen LogP contribution in [0.2, 0.25) is 0 Å². The zero-order valence-corrected chi connectivity index (χ0v) is 10.7. The first-order valence-corrected chi connectivity index (χ1v) is 6.71. The summed E-state index contributed by atoms with van der Waals surface area (Å²) in [5.41, 5.74) is 9.97. The summed E-state index contributed by atoms with van der Waals surface area (Å²) in [7, 11) is 0. The van der Waals surface area contributed by atoms with Crippen LogP contribution in [-0.2, 0) is 11.2 Å². The van der Waals surface area contributed by atoms with Gasteiger partial charge in [-0.2, -0.15) is 0 Å². The Bertz CT molecular complexity index is 503. The van der Waals surface area contributed by atoms with Gasteiger partial charge in [0.05, 0.1) is 18.3 Å². The van der Waals surface area contributed by atoms with Crippen LogP contribution in [0.15, 0.2) is 18.2 Å². The van der Waals surface area contributed by atoms with Gasteiger partial charge in [0.1, 0.15) is 0 Å².